The normalized spacial score (nSPS) is 13.1. The highest BCUT2D eigenvalue weighted by Crippen LogP contribution is 2.14. The Kier molecular flexibility index (Phi) is 4.52. The Hall–Kier alpha value is -1.72. The molecule has 1 heterocycles. The second-order valence-electron chi connectivity index (χ2n) is 4.87. The van der Waals surface area contributed by atoms with E-state index < -0.39 is 10.0 Å². The quantitative estimate of drug-likeness (QED) is 0.920. The molecule has 0 aliphatic carbocycles. The monoisotopic (exact) mass is 290 g/mol. The number of nitrogens with one attached hydrogen (secondary N) is 1. The SMILES string of the molecule is Cc1cccc(CS(=O)(=O)NC(C)c2ccncc2)c1. The van der Waals surface area contributed by atoms with E-state index in [-0.39, 0.29) is 11.8 Å². The third-order valence-corrected chi connectivity index (χ3v) is 4.43. The fraction of sp³-hybridized carbons (Fsp3) is 0.267. The van der Waals surface area contributed by atoms with Crippen molar-refractivity contribution in [3.05, 3.63) is 65.5 Å². The Morgan fingerprint density at radius 3 is 2.55 bits per heavy atom. The maximum Gasteiger partial charge on any atom is 0.216 e. The van der Waals surface area contributed by atoms with Crippen molar-refractivity contribution in [1.29, 1.82) is 0 Å². The molecular weight excluding hydrogens is 272 g/mol. The topological polar surface area (TPSA) is 59.1 Å². The number of aromatic nitrogens is 1. The Morgan fingerprint density at radius 2 is 1.90 bits per heavy atom. The fourth-order valence-electron chi connectivity index (χ4n) is 2.05. The van der Waals surface area contributed by atoms with E-state index in [9.17, 15) is 8.42 Å². The Morgan fingerprint density at radius 1 is 1.20 bits per heavy atom. The van der Waals surface area contributed by atoms with Crippen LogP contribution in [0.4, 0.5) is 0 Å². The van der Waals surface area contributed by atoms with Crippen molar-refractivity contribution in [3.63, 3.8) is 0 Å². The molecule has 1 atom stereocenters. The van der Waals surface area contributed by atoms with Crippen molar-refractivity contribution in [2.24, 2.45) is 0 Å². The lowest BCUT2D eigenvalue weighted by Gasteiger charge is -2.14. The van der Waals surface area contributed by atoms with E-state index in [0.717, 1.165) is 16.7 Å². The van der Waals surface area contributed by atoms with Crippen LogP contribution in [0, 0.1) is 6.92 Å². The number of sulfonamides is 1. The minimum atomic E-state index is -3.37. The van der Waals surface area contributed by atoms with Gasteiger partial charge in [0.05, 0.1) is 5.75 Å². The minimum Gasteiger partial charge on any atom is -0.265 e. The second-order valence-corrected chi connectivity index (χ2v) is 6.62. The van der Waals surface area contributed by atoms with Crippen molar-refractivity contribution in [2.75, 3.05) is 0 Å². The van der Waals surface area contributed by atoms with Gasteiger partial charge in [0.25, 0.3) is 0 Å². The first kappa shape index (κ1) is 14.7. The summed E-state index contributed by atoms with van der Waals surface area (Å²) in [4.78, 5) is 3.92. The molecule has 0 aliphatic heterocycles. The predicted octanol–water partition coefficient (Wildman–Crippen LogP) is 2.57. The number of rotatable bonds is 5. The summed E-state index contributed by atoms with van der Waals surface area (Å²) in [6.45, 7) is 3.77. The molecule has 0 saturated heterocycles. The molecule has 0 bridgehead atoms. The van der Waals surface area contributed by atoms with E-state index >= 15 is 0 Å². The average Bonchev–Trinajstić information content (AvgIpc) is 2.38. The minimum absolute atomic E-state index is 0.00982. The van der Waals surface area contributed by atoms with Crippen LogP contribution in [-0.2, 0) is 15.8 Å². The van der Waals surface area contributed by atoms with Crippen molar-refractivity contribution in [2.45, 2.75) is 25.6 Å². The first-order valence-corrected chi connectivity index (χ1v) is 8.07. The van der Waals surface area contributed by atoms with Crippen LogP contribution >= 0.6 is 0 Å². The number of hydrogen-bond donors (Lipinski definition) is 1. The van der Waals surface area contributed by atoms with Crippen LogP contribution in [0.15, 0.2) is 48.8 Å². The average molecular weight is 290 g/mol. The van der Waals surface area contributed by atoms with Crippen molar-refractivity contribution >= 4 is 10.0 Å². The van der Waals surface area contributed by atoms with Gasteiger partial charge in [-0.3, -0.25) is 4.98 Å². The second kappa shape index (κ2) is 6.15. The molecule has 2 aromatic rings. The van der Waals surface area contributed by atoms with Crippen molar-refractivity contribution in [1.82, 2.24) is 9.71 Å². The molecule has 1 unspecified atom stereocenters. The first-order valence-electron chi connectivity index (χ1n) is 6.42. The molecule has 0 radical (unpaired) electrons. The predicted molar refractivity (Wildman–Crippen MR) is 79.6 cm³/mol. The summed E-state index contributed by atoms with van der Waals surface area (Å²) in [7, 11) is -3.37. The number of pyridine rings is 1. The lowest BCUT2D eigenvalue weighted by Crippen LogP contribution is -2.28. The lowest BCUT2D eigenvalue weighted by molar-refractivity contribution is 0.566. The van der Waals surface area contributed by atoms with E-state index in [1.807, 2.05) is 38.1 Å². The standard InChI is InChI=1S/C15H18N2O2S/c1-12-4-3-5-14(10-12)11-20(18,19)17-13(2)15-6-8-16-9-7-15/h3-10,13,17H,11H2,1-2H3. The summed E-state index contributed by atoms with van der Waals surface area (Å²) in [5, 5.41) is 0. The summed E-state index contributed by atoms with van der Waals surface area (Å²) in [6.07, 6.45) is 3.31. The molecule has 0 amide bonds. The van der Waals surface area contributed by atoms with E-state index in [2.05, 4.69) is 9.71 Å². The van der Waals surface area contributed by atoms with Crippen LogP contribution in [0.25, 0.3) is 0 Å². The molecule has 0 fully saturated rings. The van der Waals surface area contributed by atoms with Gasteiger partial charge in [0, 0.05) is 18.4 Å². The highest BCUT2D eigenvalue weighted by atomic mass is 32.2. The lowest BCUT2D eigenvalue weighted by atomic mass is 10.1. The van der Waals surface area contributed by atoms with Crippen molar-refractivity contribution in [3.8, 4) is 0 Å². The number of benzene rings is 1. The van der Waals surface area contributed by atoms with Crippen LogP contribution in [-0.4, -0.2) is 13.4 Å². The number of hydrogen-bond acceptors (Lipinski definition) is 3. The molecule has 1 aromatic heterocycles. The molecule has 20 heavy (non-hydrogen) atoms. The van der Waals surface area contributed by atoms with Gasteiger partial charge in [-0.2, -0.15) is 0 Å². The van der Waals surface area contributed by atoms with Gasteiger partial charge in [0.1, 0.15) is 0 Å². The molecule has 1 aromatic carbocycles. The van der Waals surface area contributed by atoms with Gasteiger partial charge in [0.15, 0.2) is 0 Å². The van der Waals surface area contributed by atoms with Gasteiger partial charge in [-0.1, -0.05) is 29.8 Å². The maximum atomic E-state index is 12.2. The molecule has 2 rings (SSSR count). The van der Waals surface area contributed by atoms with Gasteiger partial charge in [0.2, 0.25) is 10.0 Å². The van der Waals surface area contributed by atoms with E-state index in [0.29, 0.717) is 0 Å². The van der Waals surface area contributed by atoms with Gasteiger partial charge in [-0.15, -0.1) is 0 Å². The maximum absolute atomic E-state index is 12.2. The van der Waals surface area contributed by atoms with Crippen LogP contribution in [0.1, 0.15) is 29.7 Å². The van der Waals surface area contributed by atoms with Crippen LogP contribution < -0.4 is 4.72 Å². The summed E-state index contributed by atoms with van der Waals surface area (Å²) in [5.41, 5.74) is 2.74. The molecular formula is C15H18N2O2S. The zero-order valence-corrected chi connectivity index (χ0v) is 12.4. The van der Waals surface area contributed by atoms with Gasteiger partial charge in [-0.05, 0) is 37.1 Å². The largest absolute Gasteiger partial charge is 0.265 e. The van der Waals surface area contributed by atoms with Gasteiger partial charge >= 0.3 is 0 Å². The third kappa shape index (κ3) is 4.15. The number of nitrogens with zero attached hydrogens (tertiary/aromatic N) is 1. The molecule has 106 valence electrons. The highest BCUT2D eigenvalue weighted by Gasteiger charge is 2.16. The fourth-order valence-corrected chi connectivity index (χ4v) is 3.43. The molecule has 5 heteroatoms. The van der Waals surface area contributed by atoms with Gasteiger partial charge < -0.3 is 0 Å². The summed E-state index contributed by atoms with van der Waals surface area (Å²) in [6, 6.07) is 10.9. The third-order valence-electron chi connectivity index (χ3n) is 3.00. The van der Waals surface area contributed by atoms with E-state index in [1.165, 1.54) is 0 Å². The Bertz CT molecular complexity index is 669. The zero-order chi connectivity index (χ0) is 14.6. The smallest absolute Gasteiger partial charge is 0.216 e. The van der Waals surface area contributed by atoms with Crippen LogP contribution in [0.3, 0.4) is 0 Å². The van der Waals surface area contributed by atoms with Crippen LogP contribution in [0.5, 0.6) is 0 Å². The zero-order valence-electron chi connectivity index (χ0n) is 11.6. The molecule has 0 saturated carbocycles. The summed E-state index contributed by atoms with van der Waals surface area (Å²) < 4.78 is 27.0. The number of aryl methyl sites for hydroxylation is 1. The van der Waals surface area contributed by atoms with E-state index in [1.54, 1.807) is 24.5 Å². The van der Waals surface area contributed by atoms with Crippen LogP contribution in [0.2, 0.25) is 0 Å². The Labute approximate surface area is 119 Å². The van der Waals surface area contributed by atoms with E-state index in [4.69, 9.17) is 0 Å². The molecule has 0 aliphatic rings. The van der Waals surface area contributed by atoms with Gasteiger partial charge in [-0.25, -0.2) is 13.1 Å². The summed E-state index contributed by atoms with van der Waals surface area (Å²) in [5.74, 6) is -0.00982. The molecule has 0 spiro atoms. The first-order chi connectivity index (χ1) is 9.46. The highest BCUT2D eigenvalue weighted by molar-refractivity contribution is 7.88. The molecule has 4 nitrogen and oxygen atoms in total. The summed E-state index contributed by atoms with van der Waals surface area (Å²) >= 11 is 0. The Balaban J connectivity index is 2.08. The van der Waals surface area contributed by atoms with Crippen molar-refractivity contribution < 1.29 is 8.42 Å². The molecule has 1 N–H and O–H groups in total.